The molecule has 0 amide bonds. The van der Waals surface area contributed by atoms with Crippen LogP contribution in [0.2, 0.25) is 0 Å². The van der Waals surface area contributed by atoms with Crippen LogP contribution in [0.25, 0.3) is 0 Å². The smallest absolute Gasteiger partial charge is 0.0234 e. The molecule has 152 valence electrons. The molecule has 0 spiro atoms. The highest BCUT2D eigenvalue weighted by atomic mass is 15.1. The molecule has 3 rings (SSSR count). The van der Waals surface area contributed by atoms with Crippen LogP contribution in [0.5, 0.6) is 0 Å². The Hall–Kier alpha value is -2.38. The normalized spacial score (nSPS) is 12.4. The van der Waals surface area contributed by atoms with Gasteiger partial charge < -0.3 is 0 Å². The molecule has 0 aliphatic heterocycles. The molecule has 0 unspecified atom stereocenters. The van der Waals surface area contributed by atoms with E-state index in [9.17, 15) is 0 Å². The van der Waals surface area contributed by atoms with Crippen LogP contribution in [0.1, 0.15) is 62.4 Å². The van der Waals surface area contributed by atoms with Gasteiger partial charge in [0.25, 0.3) is 0 Å². The third-order valence-corrected chi connectivity index (χ3v) is 5.90. The molecular weight excluding hydrogens is 350 g/mol. The van der Waals surface area contributed by atoms with Gasteiger partial charge in [-0.05, 0) is 40.3 Å². The average molecular weight is 386 g/mol. The van der Waals surface area contributed by atoms with Crippen molar-refractivity contribution in [3.63, 3.8) is 0 Å². The van der Waals surface area contributed by atoms with E-state index in [0.717, 1.165) is 13.1 Å². The Bertz CT molecular complexity index is 897. The minimum Gasteiger partial charge on any atom is -0.298 e. The first-order valence-electron chi connectivity index (χ1n) is 10.6. The van der Waals surface area contributed by atoms with E-state index in [1.54, 1.807) is 0 Å². The molecule has 1 nitrogen and oxygen atoms in total. The van der Waals surface area contributed by atoms with Crippen molar-refractivity contribution in [2.24, 2.45) is 0 Å². The van der Waals surface area contributed by atoms with Crippen molar-refractivity contribution in [3.05, 3.63) is 107 Å². The number of benzene rings is 3. The molecular formula is C28H35N. The predicted molar refractivity (Wildman–Crippen MR) is 125 cm³/mol. The zero-order valence-corrected chi connectivity index (χ0v) is 18.9. The van der Waals surface area contributed by atoms with E-state index < -0.39 is 0 Å². The highest BCUT2D eigenvalue weighted by molar-refractivity contribution is 5.38. The maximum absolute atomic E-state index is 2.38. The van der Waals surface area contributed by atoms with Crippen molar-refractivity contribution in [3.8, 4) is 0 Å². The maximum atomic E-state index is 2.38. The molecule has 3 aromatic carbocycles. The third-order valence-electron chi connectivity index (χ3n) is 5.90. The molecule has 1 heteroatoms. The molecule has 0 aliphatic carbocycles. The Morgan fingerprint density at radius 2 is 0.966 bits per heavy atom. The Kier molecular flexibility index (Phi) is 6.29. The minimum atomic E-state index is 0.0144. The highest BCUT2D eigenvalue weighted by Gasteiger charge is 2.22. The average Bonchev–Trinajstić information content (AvgIpc) is 2.69. The van der Waals surface area contributed by atoms with Crippen molar-refractivity contribution in [1.82, 2.24) is 4.90 Å². The number of hydrogen-bond donors (Lipinski definition) is 0. The van der Waals surface area contributed by atoms with E-state index in [1.165, 1.54) is 27.8 Å². The zero-order valence-electron chi connectivity index (χ0n) is 18.9. The molecule has 0 fully saturated rings. The van der Waals surface area contributed by atoms with E-state index in [1.807, 2.05) is 0 Å². The Labute approximate surface area is 177 Å². The number of nitrogens with zero attached hydrogens (tertiary/aromatic N) is 1. The molecule has 0 bridgehead atoms. The fraction of sp³-hybridized carbons (Fsp3) is 0.357. The fourth-order valence-corrected chi connectivity index (χ4v) is 3.84. The van der Waals surface area contributed by atoms with Crippen molar-refractivity contribution in [2.75, 3.05) is 7.05 Å². The van der Waals surface area contributed by atoms with Crippen molar-refractivity contribution in [2.45, 2.75) is 58.5 Å². The standard InChI is InChI=1S/C28H35N/c1-27(2,3)24-16-12-22(13-17-24)20-29(6)21-23-14-18-26(19-15-23)28(4,5)25-10-8-7-9-11-25/h7-19H,20-21H2,1-6H3. The van der Waals surface area contributed by atoms with Gasteiger partial charge in [-0.1, -0.05) is 113 Å². The summed E-state index contributed by atoms with van der Waals surface area (Å²) in [5, 5.41) is 0. The minimum absolute atomic E-state index is 0.0144. The molecule has 0 aromatic heterocycles. The molecule has 0 heterocycles. The van der Waals surface area contributed by atoms with Crippen LogP contribution in [0.15, 0.2) is 78.9 Å². The first-order chi connectivity index (χ1) is 13.7. The summed E-state index contributed by atoms with van der Waals surface area (Å²) in [5.41, 5.74) is 7.03. The summed E-state index contributed by atoms with van der Waals surface area (Å²) in [4.78, 5) is 2.38. The number of hydrogen-bond acceptors (Lipinski definition) is 1. The highest BCUT2D eigenvalue weighted by Crippen LogP contribution is 2.31. The molecule has 0 saturated carbocycles. The summed E-state index contributed by atoms with van der Waals surface area (Å²) in [6.07, 6.45) is 0. The van der Waals surface area contributed by atoms with Crippen LogP contribution in [0.3, 0.4) is 0 Å². The lowest BCUT2D eigenvalue weighted by Crippen LogP contribution is -2.20. The van der Waals surface area contributed by atoms with Gasteiger partial charge in [-0.15, -0.1) is 0 Å². The van der Waals surface area contributed by atoms with Gasteiger partial charge in [-0.25, -0.2) is 0 Å². The van der Waals surface area contributed by atoms with E-state index in [2.05, 4.69) is 125 Å². The maximum Gasteiger partial charge on any atom is 0.0234 e. The second kappa shape index (κ2) is 8.55. The van der Waals surface area contributed by atoms with Crippen molar-refractivity contribution < 1.29 is 0 Å². The third kappa shape index (κ3) is 5.36. The van der Waals surface area contributed by atoms with Gasteiger partial charge in [0.1, 0.15) is 0 Å². The van der Waals surface area contributed by atoms with Gasteiger partial charge >= 0.3 is 0 Å². The first-order valence-corrected chi connectivity index (χ1v) is 10.6. The Morgan fingerprint density at radius 1 is 0.552 bits per heavy atom. The van der Waals surface area contributed by atoms with E-state index in [-0.39, 0.29) is 10.8 Å². The first kappa shape index (κ1) is 21.3. The summed E-state index contributed by atoms with van der Waals surface area (Å²) in [5.74, 6) is 0. The summed E-state index contributed by atoms with van der Waals surface area (Å²) in [7, 11) is 2.19. The molecule has 0 N–H and O–H groups in total. The molecule has 0 atom stereocenters. The van der Waals surface area contributed by atoms with E-state index in [4.69, 9.17) is 0 Å². The van der Waals surface area contributed by atoms with Crippen molar-refractivity contribution >= 4 is 0 Å². The molecule has 0 saturated heterocycles. The quantitative estimate of drug-likeness (QED) is 0.444. The molecule has 0 radical (unpaired) electrons. The predicted octanol–water partition coefficient (Wildman–Crippen LogP) is 6.94. The Morgan fingerprint density at radius 3 is 1.41 bits per heavy atom. The van der Waals surface area contributed by atoms with E-state index >= 15 is 0 Å². The van der Waals surface area contributed by atoms with Crippen LogP contribution in [-0.2, 0) is 23.9 Å². The van der Waals surface area contributed by atoms with Gasteiger partial charge in [0.15, 0.2) is 0 Å². The summed E-state index contributed by atoms with van der Waals surface area (Å²) < 4.78 is 0. The van der Waals surface area contributed by atoms with Gasteiger partial charge in [-0.3, -0.25) is 4.90 Å². The number of rotatable bonds is 6. The largest absolute Gasteiger partial charge is 0.298 e. The van der Waals surface area contributed by atoms with Gasteiger partial charge in [-0.2, -0.15) is 0 Å². The lowest BCUT2D eigenvalue weighted by Gasteiger charge is -2.26. The second-order valence-electron chi connectivity index (χ2n) is 9.81. The van der Waals surface area contributed by atoms with Gasteiger partial charge in [0.05, 0.1) is 0 Å². The van der Waals surface area contributed by atoms with Gasteiger partial charge in [0.2, 0.25) is 0 Å². The molecule has 0 aliphatic rings. The lowest BCUT2D eigenvalue weighted by atomic mass is 9.78. The lowest BCUT2D eigenvalue weighted by molar-refractivity contribution is 0.319. The van der Waals surface area contributed by atoms with Gasteiger partial charge in [0, 0.05) is 18.5 Å². The summed E-state index contributed by atoms with van der Waals surface area (Å²) >= 11 is 0. The van der Waals surface area contributed by atoms with Crippen LogP contribution in [0.4, 0.5) is 0 Å². The second-order valence-corrected chi connectivity index (χ2v) is 9.81. The topological polar surface area (TPSA) is 3.24 Å². The zero-order chi connectivity index (χ0) is 21.1. The monoisotopic (exact) mass is 385 g/mol. The van der Waals surface area contributed by atoms with Crippen LogP contribution < -0.4 is 0 Å². The van der Waals surface area contributed by atoms with Crippen LogP contribution in [-0.4, -0.2) is 11.9 Å². The van der Waals surface area contributed by atoms with Crippen molar-refractivity contribution in [1.29, 1.82) is 0 Å². The summed E-state index contributed by atoms with van der Waals surface area (Å²) in [6, 6.07) is 28.9. The summed E-state index contributed by atoms with van der Waals surface area (Å²) in [6.45, 7) is 13.3. The fourth-order valence-electron chi connectivity index (χ4n) is 3.84. The molecule has 29 heavy (non-hydrogen) atoms. The molecule has 3 aromatic rings. The Balaban J connectivity index is 1.63. The van der Waals surface area contributed by atoms with Crippen LogP contribution >= 0.6 is 0 Å². The van der Waals surface area contributed by atoms with Crippen LogP contribution in [0, 0.1) is 0 Å². The van der Waals surface area contributed by atoms with E-state index in [0.29, 0.717) is 0 Å². The SMILES string of the molecule is CN(Cc1ccc(C(C)(C)C)cc1)Cc1ccc(C(C)(C)c2ccccc2)cc1.